The lowest BCUT2D eigenvalue weighted by atomic mass is 10.0. The second kappa shape index (κ2) is 5.73. The molecule has 1 amide bonds. The number of aliphatic carboxylic acids is 1. The monoisotopic (exact) mass is 263 g/mol. The van der Waals surface area contributed by atoms with Crippen LogP contribution in [0.25, 0.3) is 0 Å². The third-order valence-electron chi connectivity index (χ3n) is 3.36. The minimum absolute atomic E-state index is 0.0885. The summed E-state index contributed by atoms with van der Waals surface area (Å²) in [6.45, 7) is 0.333. The molecule has 1 fully saturated rings. The summed E-state index contributed by atoms with van der Waals surface area (Å²) < 4.78 is 5.06. The summed E-state index contributed by atoms with van der Waals surface area (Å²) in [6, 6.07) is 6.60. The largest absolute Gasteiger partial charge is 0.497 e. The molecule has 1 unspecified atom stereocenters. The molecule has 1 saturated heterocycles. The first kappa shape index (κ1) is 13.4. The Morgan fingerprint density at radius 3 is 2.68 bits per heavy atom. The zero-order chi connectivity index (χ0) is 13.8. The van der Waals surface area contributed by atoms with Gasteiger partial charge in [0.15, 0.2) is 0 Å². The van der Waals surface area contributed by atoms with Gasteiger partial charge >= 0.3 is 5.97 Å². The number of methoxy groups -OCH3 is 1. The van der Waals surface area contributed by atoms with E-state index in [0.29, 0.717) is 25.8 Å². The van der Waals surface area contributed by atoms with Gasteiger partial charge in [-0.25, -0.2) is 4.79 Å². The first-order valence-corrected chi connectivity index (χ1v) is 6.27. The fourth-order valence-electron chi connectivity index (χ4n) is 2.30. The van der Waals surface area contributed by atoms with E-state index in [1.54, 1.807) is 19.2 Å². The Morgan fingerprint density at radius 2 is 2.11 bits per heavy atom. The van der Waals surface area contributed by atoms with Gasteiger partial charge in [-0.1, -0.05) is 12.1 Å². The van der Waals surface area contributed by atoms with Crippen LogP contribution < -0.4 is 4.74 Å². The first-order valence-electron chi connectivity index (χ1n) is 6.27. The van der Waals surface area contributed by atoms with E-state index < -0.39 is 12.0 Å². The average molecular weight is 263 g/mol. The zero-order valence-electron chi connectivity index (χ0n) is 10.8. The SMILES string of the molecule is COc1ccc(CN2C(=O)CCCC2C(=O)O)cc1. The van der Waals surface area contributed by atoms with Gasteiger partial charge in [0.25, 0.3) is 0 Å². The van der Waals surface area contributed by atoms with Crippen LogP contribution in [0.1, 0.15) is 24.8 Å². The van der Waals surface area contributed by atoms with E-state index in [0.717, 1.165) is 11.3 Å². The van der Waals surface area contributed by atoms with Gasteiger partial charge in [-0.3, -0.25) is 4.79 Å². The Labute approximate surface area is 111 Å². The van der Waals surface area contributed by atoms with Crippen LogP contribution in [0.15, 0.2) is 24.3 Å². The lowest BCUT2D eigenvalue weighted by Gasteiger charge is -2.33. The van der Waals surface area contributed by atoms with Crippen LogP contribution in [0.5, 0.6) is 5.75 Å². The molecule has 5 nitrogen and oxygen atoms in total. The molecule has 1 aromatic rings. The number of ether oxygens (including phenoxy) is 1. The molecule has 1 heterocycles. The number of hydrogen-bond donors (Lipinski definition) is 1. The molecule has 1 aliphatic rings. The summed E-state index contributed by atoms with van der Waals surface area (Å²) in [5, 5.41) is 9.17. The number of nitrogens with zero attached hydrogens (tertiary/aromatic N) is 1. The fourth-order valence-corrected chi connectivity index (χ4v) is 2.30. The number of rotatable bonds is 4. The molecular weight excluding hydrogens is 246 g/mol. The predicted molar refractivity (Wildman–Crippen MR) is 68.8 cm³/mol. The lowest BCUT2D eigenvalue weighted by molar-refractivity contribution is -0.153. The molecule has 102 valence electrons. The summed E-state index contributed by atoms with van der Waals surface area (Å²) in [4.78, 5) is 24.5. The molecule has 0 bridgehead atoms. The van der Waals surface area contributed by atoms with Crippen molar-refractivity contribution in [1.29, 1.82) is 0 Å². The van der Waals surface area contributed by atoms with E-state index in [-0.39, 0.29) is 5.91 Å². The van der Waals surface area contributed by atoms with Gasteiger partial charge in [0.1, 0.15) is 11.8 Å². The standard InChI is InChI=1S/C14H17NO4/c1-19-11-7-5-10(6-8-11)9-15-12(14(17)18)3-2-4-13(15)16/h5-8,12H,2-4,9H2,1H3,(H,17,18). The Bertz CT molecular complexity index is 469. The molecule has 5 heteroatoms. The van der Waals surface area contributed by atoms with Gasteiger partial charge in [-0.05, 0) is 30.5 Å². The minimum atomic E-state index is -0.929. The lowest BCUT2D eigenvalue weighted by Crippen LogP contribution is -2.47. The fraction of sp³-hybridized carbons (Fsp3) is 0.429. The van der Waals surface area contributed by atoms with E-state index in [1.165, 1.54) is 4.90 Å². The topological polar surface area (TPSA) is 66.8 Å². The van der Waals surface area contributed by atoms with E-state index in [1.807, 2.05) is 12.1 Å². The van der Waals surface area contributed by atoms with E-state index in [2.05, 4.69) is 0 Å². The smallest absolute Gasteiger partial charge is 0.326 e. The van der Waals surface area contributed by atoms with Crippen LogP contribution in [-0.4, -0.2) is 35.0 Å². The third-order valence-corrected chi connectivity index (χ3v) is 3.36. The number of hydrogen-bond acceptors (Lipinski definition) is 3. The summed E-state index contributed by atoms with van der Waals surface area (Å²) in [5.74, 6) is -0.278. The molecule has 19 heavy (non-hydrogen) atoms. The summed E-state index contributed by atoms with van der Waals surface area (Å²) in [6.07, 6.45) is 1.60. The summed E-state index contributed by atoms with van der Waals surface area (Å²) in [7, 11) is 1.59. The normalized spacial score (nSPS) is 19.3. The maximum Gasteiger partial charge on any atom is 0.326 e. The minimum Gasteiger partial charge on any atom is -0.497 e. The number of amides is 1. The Hall–Kier alpha value is -2.04. The van der Waals surface area contributed by atoms with Gasteiger partial charge in [-0.15, -0.1) is 0 Å². The van der Waals surface area contributed by atoms with Crippen molar-refractivity contribution >= 4 is 11.9 Å². The van der Waals surface area contributed by atoms with Crippen molar-refractivity contribution in [3.05, 3.63) is 29.8 Å². The van der Waals surface area contributed by atoms with Crippen molar-refractivity contribution in [2.45, 2.75) is 31.8 Å². The summed E-state index contributed by atoms with van der Waals surface area (Å²) >= 11 is 0. The van der Waals surface area contributed by atoms with Crippen LogP contribution in [0.2, 0.25) is 0 Å². The molecule has 0 aromatic heterocycles. The second-order valence-electron chi connectivity index (χ2n) is 4.62. The molecule has 0 saturated carbocycles. The highest BCUT2D eigenvalue weighted by molar-refractivity contribution is 5.84. The highest BCUT2D eigenvalue weighted by atomic mass is 16.5. The van der Waals surface area contributed by atoms with Crippen molar-refractivity contribution in [3.8, 4) is 5.75 Å². The van der Waals surface area contributed by atoms with E-state index >= 15 is 0 Å². The molecular formula is C14H17NO4. The number of carbonyl (C=O) groups is 2. The number of benzene rings is 1. The number of carboxylic acid groups (broad SMARTS) is 1. The van der Waals surface area contributed by atoms with Crippen LogP contribution >= 0.6 is 0 Å². The van der Waals surface area contributed by atoms with Crippen LogP contribution in [0, 0.1) is 0 Å². The molecule has 0 radical (unpaired) electrons. The molecule has 0 spiro atoms. The maximum atomic E-state index is 11.9. The Balaban J connectivity index is 2.13. The number of likely N-dealkylation sites (tertiary alicyclic amines) is 1. The van der Waals surface area contributed by atoms with Gasteiger partial charge < -0.3 is 14.7 Å². The van der Waals surface area contributed by atoms with Gasteiger partial charge in [0, 0.05) is 13.0 Å². The maximum absolute atomic E-state index is 11.9. The van der Waals surface area contributed by atoms with Crippen molar-refractivity contribution in [2.75, 3.05) is 7.11 Å². The molecule has 1 aromatic carbocycles. The number of piperidine rings is 1. The highest BCUT2D eigenvalue weighted by Gasteiger charge is 2.32. The predicted octanol–water partition coefficient (Wildman–Crippen LogP) is 1.66. The molecule has 0 aliphatic carbocycles. The summed E-state index contributed by atoms with van der Waals surface area (Å²) in [5.41, 5.74) is 0.905. The molecule has 1 atom stereocenters. The van der Waals surface area contributed by atoms with Crippen molar-refractivity contribution in [3.63, 3.8) is 0 Å². The van der Waals surface area contributed by atoms with Crippen LogP contribution in [-0.2, 0) is 16.1 Å². The van der Waals surface area contributed by atoms with Crippen molar-refractivity contribution in [2.24, 2.45) is 0 Å². The molecule has 1 aliphatic heterocycles. The quantitative estimate of drug-likeness (QED) is 0.897. The number of carbonyl (C=O) groups excluding carboxylic acids is 1. The van der Waals surface area contributed by atoms with Crippen molar-refractivity contribution < 1.29 is 19.4 Å². The highest BCUT2D eigenvalue weighted by Crippen LogP contribution is 2.22. The van der Waals surface area contributed by atoms with Gasteiger partial charge in [0.05, 0.1) is 7.11 Å². The van der Waals surface area contributed by atoms with Gasteiger partial charge in [0.2, 0.25) is 5.91 Å². The zero-order valence-corrected chi connectivity index (χ0v) is 10.8. The molecule has 2 rings (SSSR count). The van der Waals surface area contributed by atoms with Crippen LogP contribution in [0.3, 0.4) is 0 Å². The van der Waals surface area contributed by atoms with Crippen molar-refractivity contribution in [1.82, 2.24) is 4.90 Å². The number of carboxylic acids is 1. The average Bonchev–Trinajstić information content (AvgIpc) is 2.41. The Kier molecular flexibility index (Phi) is 4.04. The first-order chi connectivity index (χ1) is 9.11. The second-order valence-corrected chi connectivity index (χ2v) is 4.62. The van der Waals surface area contributed by atoms with Crippen LogP contribution in [0.4, 0.5) is 0 Å². The Morgan fingerprint density at radius 1 is 1.42 bits per heavy atom. The van der Waals surface area contributed by atoms with E-state index in [9.17, 15) is 14.7 Å². The van der Waals surface area contributed by atoms with Gasteiger partial charge in [-0.2, -0.15) is 0 Å². The van der Waals surface area contributed by atoms with E-state index in [4.69, 9.17) is 4.74 Å². The molecule has 1 N–H and O–H groups in total. The third kappa shape index (κ3) is 3.05.